The zero-order valence-electron chi connectivity index (χ0n) is 26.3. The Labute approximate surface area is 266 Å². The van der Waals surface area contributed by atoms with E-state index in [1.807, 2.05) is 7.85 Å². The van der Waals surface area contributed by atoms with Crippen molar-refractivity contribution in [3.05, 3.63) is 0 Å². The van der Waals surface area contributed by atoms with Crippen molar-refractivity contribution in [2.24, 2.45) is 5.92 Å². The third-order valence-corrected chi connectivity index (χ3v) is 9.64. The van der Waals surface area contributed by atoms with Gasteiger partial charge in [0, 0.05) is 52.6 Å². The number of methoxy groups -OCH3 is 1. The third kappa shape index (κ3) is 13.2. The summed E-state index contributed by atoms with van der Waals surface area (Å²) >= 11 is 5.06. The first-order chi connectivity index (χ1) is 20.9. The Morgan fingerprint density at radius 2 is 1.70 bits per heavy atom. The molecule has 0 saturated carbocycles. The molecule has 2 rings (SSSR count). The quantitative estimate of drug-likeness (QED) is 0.0518. The van der Waals surface area contributed by atoms with Gasteiger partial charge >= 0.3 is 6.72 Å². The van der Waals surface area contributed by atoms with Gasteiger partial charge in [-0.15, -0.1) is 0 Å². The molecular weight excluding hydrogens is 618 g/mol. The van der Waals surface area contributed by atoms with Gasteiger partial charge < -0.3 is 58.8 Å². The first-order valence-corrected chi connectivity index (χ1v) is 18.0. The SMILES string of the molecule is B[C@@H]1O[C@H](COC)[C@H](OP(O)(=S)OC)C1CCCCCCCNC(=O)CCCCO[C@@H]1O[C@H](CO)[C@H](O)[C@H](O)[C@H]1NC(C)=O. The summed E-state index contributed by atoms with van der Waals surface area (Å²) < 4.78 is 33.2. The van der Waals surface area contributed by atoms with E-state index in [1.165, 1.54) is 14.0 Å². The number of aliphatic hydroxyl groups is 3. The number of unbranched alkanes of at least 4 members (excludes halogenated alkanes) is 5. The van der Waals surface area contributed by atoms with Crippen LogP contribution in [0.5, 0.6) is 0 Å². The van der Waals surface area contributed by atoms with Crippen molar-refractivity contribution in [3.8, 4) is 0 Å². The van der Waals surface area contributed by atoms with E-state index in [4.69, 9.17) is 39.8 Å². The molecule has 2 unspecified atom stereocenters. The van der Waals surface area contributed by atoms with Crippen LogP contribution in [0.25, 0.3) is 0 Å². The topological polar surface area (TPSA) is 194 Å². The van der Waals surface area contributed by atoms with E-state index < -0.39 is 49.9 Å². The summed E-state index contributed by atoms with van der Waals surface area (Å²) in [5, 5.41) is 35.2. The maximum atomic E-state index is 12.2. The lowest BCUT2D eigenvalue weighted by atomic mass is 9.81. The molecule has 2 aliphatic heterocycles. The molecule has 0 aliphatic carbocycles. The van der Waals surface area contributed by atoms with Gasteiger partial charge in [-0.25, -0.2) is 0 Å². The second-order valence-electron chi connectivity index (χ2n) is 11.4. The van der Waals surface area contributed by atoms with E-state index in [0.717, 1.165) is 38.5 Å². The molecular formula is C27H52BN2O12PS. The lowest BCUT2D eigenvalue weighted by Crippen LogP contribution is -2.64. The molecule has 0 bridgehead atoms. The van der Waals surface area contributed by atoms with Gasteiger partial charge in [-0.2, -0.15) is 0 Å². The van der Waals surface area contributed by atoms with Gasteiger partial charge in [0.05, 0.1) is 13.2 Å². The summed E-state index contributed by atoms with van der Waals surface area (Å²) in [6.07, 6.45) is 1.75. The molecule has 6 N–H and O–H groups in total. The second-order valence-corrected chi connectivity index (χ2v) is 14.3. The van der Waals surface area contributed by atoms with E-state index in [9.17, 15) is 29.8 Å². The molecule has 0 spiro atoms. The Morgan fingerprint density at radius 1 is 1.00 bits per heavy atom. The Balaban J connectivity index is 1.57. The smallest absolute Gasteiger partial charge is 0.324 e. The molecule has 2 amide bonds. The van der Waals surface area contributed by atoms with Crippen LogP contribution in [0.2, 0.25) is 0 Å². The average Bonchev–Trinajstić information content (AvgIpc) is 3.25. The van der Waals surface area contributed by atoms with Crippen molar-refractivity contribution in [1.29, 1.82) is 0 Å². The molecule has 17 heteroatoms. The van der Waals surface area contributed by atoms with Crippen LogP contribution in [0.1, 0.15) is 64.7 Å². The van der Waals surface area contributed by atoms with Gasteiger partial charge in [-0.05, 0) is 37.5 Å². The molecule has 10 atom stereocenters. The van der Waals surface area contributed by atoms with Crippen molar-refractivity contribution in [2.45, 2.75) is 114 Å². The van der Waals surface area contributed by atoms with Crippen LogP contribution in [0.4, 0.5) is 0 Å². The van der Waals surface area contributed by atoms with Crippen molar-refractivity contribution in [3.63, 3.8) is 0 Å². The minimum Gasteiger partial charge on any atom is -0.394 e. The van der Waals surface area contributed by atoms with Crippen LogP contribution in [-0.4, -0.2) is 129 Å². The molecule has 2 saturated heterocycles. The standard InChI is InChI=1S/C27H52BN2O12PS/c1-17(32)30-22-24(35)23(34)19(15-31)41-27(22)39-14-10-8-12-21(33)29-13-9-6-4-5-7-11-18-25(42-43(36,44)38-3)20(16-37-2)40-26(18)28/h18-20,22-27,31,34-35H,4-16,28H2,1-3H3,(H,29,33)(H,30,32)(H,36,44)/t18?,19-,20-,22-,23+,24-,25-,26-,27-,43?/m1/s1. The molecule has 0 radical (unpaired) electrons. The molecule has 2 fully saturated rings. The Bertz CT molecular complexity index is 911. The third-order valence-electron chi connectivity index (χ3n) is 7.96. The molecule has 2 heterocycles. The Hall–Kier alpha value is -0.745. The van der Waals surface area contributed by atoms with E-state index in [-0.39, 0.29) is 36.6 Å². The number of ether oxygens (including phenoxy) is 4. The maximum Gasteiger partial charge on any atom is 0.324 e. The summed E-state index contributed by atoms with van der Waals surface area (Å²) in [5.41, 5.74) is 0. The lowest BCUT2D eigenvalue weighted by Gasteiger charge is -2.42. The molecule has 0 aromatic rings. The van der Waals surface area contributed by atoms with Gasteiger partial charge in [0.2, 0.25) is 11.8 Å². The number of rotatable bonds is 21. The summed E-state index contributed by atoms with van der Waals surface area (Å²) in [6.45, 7) is -1.40. The summed E-state index contributed by atoms with van der Waals surface area (Å²) in [7, 11) is 4.94. The van der Waals surface area contributed by atoms with Crippen molar-refractivity contribution >= 4 is 38.2 Å². The van der Waals surface area contributed by atoms with Crippen LogP contribution in [0, 0.1) is 5.92 Å². The molecule has 44 heavy (non-hydrogen) atoms. The summed E-state index contributed by atoms with van der Waals surface area (Å²) in [6, 6.07) is -1.03. The van der Waals surface area contributed by atoms with E-state index in [2.05, 4.69) is 10.6 Å². The summed E-state index contributed by atoms with van der Waals surface area (Å²) in [4.78, 5) is 33.9. The zero-order chi connectivity index (χ0) is 32.7. The van der Waals surface area contributed by atoms with E-state index in [1.54, 1.807) is 7.11 Å². The van der Waals surface area contributed by atoms with Crippen LogP contribution < -0.4 is 10.6 Å². The normalized spacial score (nSPS) is 31.8. The van der Waals surface area contributed by atoms with Crippen LogP contribution in [-0.2, 0) is 49.4 Å². The largest absolute Gasteiger partial charge is 0.394 e. The second kappa shape index (κ2) is 20.5. The van der Waals surface area contributed by atoms with Crippen LogP contribution in [0.3, 0.4) is 0 Å². The minimum atomic E-state index is -3.33. The Kier molecular flexibility index (Phi) is 18.4. The minimum absolute atomic E-state index is 0.0404. The molecule has 256 valence electrons. The molecule has 2 aliphatic rings. The predicted octanol–water partition coefficient (Wildman–Crippen LogP) is -0.557. The number of carbonyl (C=O) groups is 2. The number of aliphatic hydroxyl groups excluding tert-OH is 3. The van der Waals surface area contributed by atoms with Gasteiger partial charge in [-0.3, -0.25) is 9.59 Å². The predicted molar refractivity (Wildman–Crippen MR) is 167 cm³/mol. The number of hydrogen-bond acceptors (Lipinski definition) is 12. The Morgan fingerprint density at radius 3 is 2.36 bits per heavy atom. The fraction of sp³-hybridized carbons (Fsp3) is 0.926. The highest BCUT2D eigenvalue weighted by Gasteiger charge is 2.46. The number of nitrogens with one attached hydrogen (secondary N) is 2. The van der Waals surface area contributed by atoms with E-state index >= 15 is 0 Å². The number of hydrogen-bond donors (Lipinski definition) is 6. The van der Waals surface area contributed by atoms with Gasteiger partial charge in [0.15, 0.2) is 6.29 Å². The monoisotopic (exact) mass is 670 g/mol. The molecule has 0 aromatic heterocycles. The maximum absolute atomic E-state index is 12.2. The number of carbonyl (C=O) groups excluding carboxylic acids is 2. The van der Waals surface area contributed by atoms with Crippen LogP contribution in [0.15, 0.2) is 0 Å². The van der Waals surface area contributed by atoms with Crippen molar-refractivity contribution in [2.75, 3.05) is 40.6 Å². The zero-order valence-corrected chi connectivity index (χ0v) is 28.0. The van der Waals surface area contributed by atoms with E-state index in [0.29, 0.717) is 32.4 Å². The highest BCUT2D eigenvalue weighted by atomic mass is 32.5. The van der Waals surface area contributed by atoms with Crippen molar-refractivity contribution < 1.29 is 57.8 Å². The van der Waals surface area contributed by atoms with Gasteiger partial charge in [-0.1, -0.05) is 25.7 Å². The van der Waals surface area contributed by atoms with Gasteiger partial charge in [0.1, 0.15) is 44.4 Å². The molecule has 14 nitrogen and oxygen atoms in total. The fourth-order valence-electron chi connectivity index (χ4n) is 5.59. The average molecular weight is 671 g/mol. The molecule has 0 aromatic carbocycles. The van der Waals surface area contributed by atoms with Crippen LogP contribution >= 0.6 is 6.72 Å². The number of amides is 2. The summed E-state index contributed by atoms with van der Waals surface area (Å²) in [5.74, 6) is -0.380. The van der Waals surface area contributed by atoms with Gasteiger partial charge in [0.25, 0.3) is 0 Å². The first-order valence-electron chi connectivity index (χ1n) is 15.4. The highest BCUT2D eigenvalue weighted by molar-refractivity contribution is 8.07. The fourth-order valence-corrected chi connectivity index (χ4v) is 6.57. The highest BCUT2D eigenvalue weighted by Crippen LogP contribution is 2.48. The first kappa shape index (κ1) is 39.4. The van der Waals surface area contributed by atoms with Crippen molar-refractivity contribution in [1.82, 2.24) is 10.6 Å². The lowest BCUT2D eigenvalue weighted by molar-refractivity contribution is -0.270.